The first-order chi connectivity index (χ1) is 5.46. The van der Waals surface area contributed by atoms with Crippen LogP contribution in [0.1, 0.15) is 20.3 Å². The lowest BCUT2D eigenvalue weighted by molar-refractivity contribution is 1.05. The van der Waals surface area contributed by atoms with Gasteiger partial charge in [-0.2, -0.15) is 0 Å². The van der Waals surface area contributed by atoms with E-state index in [2.05, 4.69) is 9.51 Å². The van der Waals surface area contributed by atoms with Gasteiger partial charge in [-0.05, 0) is 35.8 Å². The molecular formula is C6H8Cl3N2P. The van der Waals surface area contributed by atoms with Crippen LogP contribution in [0.25, 0.3) is 0 Å². The number of rotatable bonds is 1. The maximum absolute atomic E-state index is 5.82. The van der Waals surface area contributed by atoms with Gasteiger partial charge in [0.1, 0.15) is 5.17 Å². The molecule has 2 nitrogen and oxygen atoms in total. The summed E-state index contributed by atoms with van der Waals surface area (Å²) in [5.41, 5.74) is 1.73. The summed E-state index contributed by atoms with van der Waals surface area (Å²) in [5, 5.41) is 0.389. The minimum Gasteiger partial charge on any atom is -0.221 e. The van der Waals surface area contributed by atoms with Gasteiger partial charge in [0.25, 0.3) is 5.91 Å². The molecule has 0 atom stereocenters. The molecule has 0 spiro atoms. The third-order valence-corrected chi connectivity index (χ3v) is 3.84. The number of halogens is 3. The van der Waals surface area contributed by atoms with Gasteiger partial charge in [-0.15, -0.1) is 0 Å². The van der Waals surface area contributed by atoms with Crippen LogP contribution in [0, 0.1) is 0 Å². The zero-order valence-corrected chi connectivity index (χ0v) is 9.84. The average molecular weight is 245 g/mol. The van der Waals surface area contributed by atoms with E-state index in [1.165, 1.54) is 0 Å². The number of hydrogen-bond donors (Lipinski definition) is 0. The molecule has 0 unspecified atom stereocenters. The van der Waals surface area contributed by atoms with Gasteiger partial charge in [0.05, 0.1) is 0 Å². The van der Waals surface area contributed by atoms with Gasteiger partial charge in [0.2, 0.25) is 0 Å². The molecule has 1 rings (SSSR count). The highest BCUT2D eigenvalue weighted by atomic mass is 35.9. The number of nitrogens with zero attached hydrogens (tertiary/aromatic N) is 2. The molecule has 0 amide bonds. The summed E-state index contributed by atoms with van der Waals surface area (Å²) in [6, 6.07) is 0. The van der Waals surface area contributed by atoms with Crippen molar-refractivity contribution < 1.29 is 0 Å². The molecular weight excluding hydrogens is 237 g/mol. The van der Waals surface area contributed by atoms with Crippen molar-refractivity contribution in [3.63, 3.8) is 0 Å². The SMILES string of the molecule is CCC1=C(C)C(Cl)=NP(Cl)(Cl)=N1. The van der Waals surface area contributed by atoms with Crippen LogP contribution in [-0.4, -0.2) is 5.17 Å². The van der Waals surface area contributed by atoms with Crippen molar-refractivity contribution in [3.05, 3.63) is 11.3 Å². The van der Waals surface area contributed by atoms with Crippen molar-refractivity contribution >= 4 is 45.2 Å². The Balaban J connectivity index is 3.25. The van der Waals surface area contributed by atoms with Crippen LogP contribution in [0.4, 0.5) is 0 Å². The number of hydrogen-bond acceptors (Lipinski definition) is 2. The van der Waals surface area contributed by atoms with Crippen molar-refractivity contribution in [2.45, 2.75) is 20.3 Å². The molecule has 0 aromatic heterocycles. The third kappa shape index (κ3) is 2.26. The Morgan fingerprint density at radius 2 is 2.00 bits per heavy atom. The molecule has 0 saturated heterocycles. The Bertz CT molecular complexity index is 313. The van der Waals surface area contributed by atoms with E-state index in [1.807, 2.05) is 13.8 Å². The maximum Gasteiger partial charge on any atom is 0.254 e. The van der Waals surface area contributed by atoms with Gasteiger partial charge in [0, 0.05) is 11.3 Å². The Hall–Kier alpha value is 0.510. The van der Waals surface area contributed by atoms with E-state index < -0.39 is 5.91 Å². The fourth-order valence-electron chi connectivity index (χ4n) is 0.878. The third-order valence-electron chi connectivity index (χ3n) is 1.53. The van der Waals surface area contributed by atoms with Crippen LogP contribution < -0.4 is 0 Å². The fourth-order valence-corrected chi connectivity index (χ4v) is 3.54. The van der Waals surface area contributed by atoms with E-state index in [9.17, 15) is 0 Å². The summed E-state index contributed by atoms with van der Waals surface area (Å²) in [6.07, 6.45) is 0.777. The largest absolute Gasteiger partial charge is 0.254 e. The summed E-state index contributed by atoms with van der Waals surface area (Å²) in [4.78, 5) is 0. The highest BCUT2D eigenvalue weighted by Gasteiger charge is 2.19. The molecule has 6 heteroatoms. The predicted molar refractivity (Wildman–Crippen MR) is 57.3 cm³/mol. The molecule has 0 aromatic carbocycles. The predicted octanol–water partition coefficient (Wildman–Crippen LogP) is 4.75. The molecule has 68 valence electrons. The lowest BCUT2D eigenvalue weighted by Crippen LogP contribution is -1.96. The van der Waals surface area contributed by atoms with Gasteiger partial charge in [-0.1, -0.05) is 18.5 Å². The molecule has 0 N–H and O–H groups in total. The maximum atomic E-state index is 5.82. The summed E-state index contributed by atoms with van der Waals surface area (Å²) >= 11 is 17.4. The second-order valence-electron chi connectivity index (χ2n) is 2.37. The first kappa shape index (κ1) is 10.6. The summed E-state index contributed by atoms with van der Waals surface area (Å²) in [6.45, 7) is 3.84. The zero-order chi connectivity index (χ0) is 9.35. The highest BCUT2D eigenvalue weighted by Crippen LogP contribution is 2.64. The number of allylic oxidation sites excluding steroid dienone is 2. The molecule has 12 heavy (non-hydrogen) atoms. The van der Waals surface area contributed by atoms with Crippen molar-refractivity contribution in [1.82, 2.24) is 0 Å². The molecule has 0 aromatic rings. The second kappa shape index (κ2) is 3.71. The molecule has 0 fully saturated rings. The van der Waals surface area contributed by atoms with Crippen LogP contribution in [0.5, 0.6) is 0 Å². The Kier molecular flexibility index (Phi) is 3.27. The molecule has 0 radical (unpaired) electrons. The minimum atomic E-state index is -2.54. The normalized spacial score (nSPS) is 21.9. The smallest absolute Gasteiger partial charge is 0.221 e. The van der Waals surface area contributed by atoms with E-state index in [4.69, 9.17) is 34.1 Å². The zero-order valence-electron chi connectivity index (χ0n) is 6.68. The van der Waals surface area contributed by atoms with Crippen LogP contribution in [0.3, 0.4) is 0 Å². The first-order valence-electron chi connectivity index (χ1n) is 3.43. The first-order valence-corrected chi connectivity index (χ1v) is 7.32. The van der Waals surface area contributed by atoms with Crippen LogP contribution >= 0.6 is 40.0 Å². The minimum absolute atomic E-state index is 0.389. The molecule has 1 heterocycles. The van der Waals surface area contributed by atoms with Crippen LogP contribution in [-0.2, 0) is 0 Å². The van der Waals surface area contributed by atoms with Gasteiger partial charge in [-0.3, -0.25) is 0 Å². The van der Waals surface area contributed by atoms with Crippen LogP contribution in [0.15, 0.2) is 20.8 Å². The molecule has 0 aliphatic carbocycles. The Morgan fingerprint density at radius 3 is 2.50 bits per heavy atom. The average Bonchev–Trinajstić information content (AvgIpc) is 1.96. The second-order valence-corrected chi connectivity index (χ2v) is 7.39. The molecule has 1 aliphatic heterocycles. The summed E-state index contributed by atoms with van der Waals surface area (Å²) < 4.78 is 8.01. The molecule has 0 bridgehead atoms. The highest BCUT2D eigenvalue weighted by molar-refractivity contribution is 8.09. The molecule has 0 saturated carbocycles. The van der Waals surface area contributed by atoms with Crippen molar-refractivity contribution in [2.24, 2.45) is 9.51 Å². The van der Waals surface area contributed by atoms with E-state index in [-0.39, 0.29) is 0 Å². The van der Waals surface area contributed by atoms with Crippen LogP contribution in [0.2, 0.25) is 0 Å². The quantitative estimate of drug-likeness (QED) is 0.596. The van der Waals surface area contributed by atoms with Crippen molar-refractivity contribution in [3.8, 4) is 0 Å². The summed E-state index contributed by atoms with van der Waals surface area (Å²) in [5.74, 6) is -2.54. The monoisotopic (exact) mass is 244 g/mol. The summed E-state index contributed by atoms with van der Waals surface area (Å²) in [7, 11) is 0. The van der Waals surface area contributed by atoms with Gasteiger partial charge in [0.15, 0.2) is 0 Å². The van der Waals surface area contributed by atoms with E-state index in [0.717, 1.165) is 17.7 Å². The van der Waals surface area contributed by atoms with Gasteiger partial charge >= 0.3 is 0 Å². The Labute approximate surface area is 86.3 Å². The molecule has 1 aliphatic rings. The fraction of sp³-hybridized carbons (Fsp3) is 0.500. The van der Waals surface area contributed by atoms with Crippen molar-refractivity contribution in [2.75, 3.05) is 0 Å². The van der Waals surface area contributed by atoms with Gasteiger partial charge in [-0.25, -0.2) is 9.51 Å². The topological polar surface area (TPSA) is 24.7 Å². The Morgan fingerprint density at radius 1 is 1.42 bits per heavy atom. The van der Waals surface area contributed by atoms with E-state index in [1.54, 1.807) is 0 Å². The van der Waals surface area contributed by atoms with Crippen molar-refractivity contribution in [1.29, 1.82) is 0 Å². The lowest BCUT2D eigenvalue weighted by atomic mass is 10.2. The lowest BCUT2D eigenvalue weighted by Gasteiger charge is -2.13. The van der Waals surface area contributed by atoms with E-state index in [0.29, 0.717) is 5.17 Å². The standard InChI is InChI=1S/C6H8Cl3N2P/c1-3-5-4(2)6(7)11-12(8,9)10-5/h3H2,1-2H3. The van der Waals surface area contributed by atoms with E-state index >= 15 is 0 Å². The van der Waals surface area contributed by atoms with Gasteiger partial charge < -0.3 is 0 Å².